The zero-order valence-electron chi connectivity index (χ0n) is 32.1. The number of rotatable bonds is 9. The van der Waals surface area contributed by atoms with Crippen LogP contribution in [0.1, 0.15) is 90.5 Å². The van der Waals surface area contributed by atoms with Crippen LogP contribution in [-0.4, -0.2) is 73.4 Å². The predicted molar refractivity (Wildman–Crippen MR) is 209 cm³/mol. The third kappa shape index (κ3) is 6.41. The molecule has 0 radical (unpaired) electrons. The van der Waals surface area contributed by atoms with Gasteiger partial charge in [0.05, 0.1) is 42.1 Å². The zero-order valence-corrected chi connectivity index (χ0v) is 32.1. The number of carbonyl (C=O) groups is 3. The van der Waals surface area contributed by atoms with Crippen molar-refractivity contribution >= 4 is 39.7 Å². The van der Waals surface area contributed by atoms with Crippen LogP contribution in [0.5, 0.6) is 0 Å². The first-order chi connectivity index (χ1) is 26.0. The van der Waals surface area contributed by atoms with Gasteiger partial charge in [0.2, 0.25) is 11.8 Å². The van der Waals surface area contributed by atoms with E-state index in [1.54, 1.807) is 0 Å². The molecule has 0 unspecified atom stereocenters. The summed E-state index contributed by atoms with van der Waals surface area (Å²) in [6.45, 7) is 10.9. The molecule has 282 valence electrons. The summed E-state index contributed by atoms with van der Waals surface area (Å²) < 4.78 is 4.84. The Hall–Kier alpha value is -5.19. The van der Waals surface area contributed by atoms with Gasteiger partial charge in [-0.05, 0) is 96.0 Å². The third-order valence-electron chi connectivity index (χ3n) is 12.3. The number of nitrogens with zero attached hydrogens (tertiary/aromatic N) is 4. The fourth-order valence-electron chi connectivity index (χ4n) is 8.97. The van der Waals surface area contributed by atoms with E-state index in [0.29, 0.717) is 11.8 Å². The van der Waals surface area contributed by atoms with E-state index in [1.165, 1.54) is 7.11 Å². The summed E-state index contributed by atoms with van der Waals surface area (Å²) in [4.78, 5) is 60.3. The van der Waals surface area contributed by atoms with Crippen LogP contribution in [0.3, 0.4) is 0 Å². The Morgan fingerprint density at radius 1 is 0.833 bits per heavy atom. The molecule has 8 rings (SSSR count). The molecule has 54 heavy (non-hydrogen) atoms. The monoisotopic (exact) mass is 729 g/mol. The van der Waals surface area contributed by atoms with Crippen molar-refractivity contribution in [3.63, 3.8) is 0 Å². The lowest BCUT2D eigenvalue weighted by molar-refractivity contribution is -0.139. The van der Waals surface area contributed by atoms with Crippen molar-refractivity contribution in [2.24, 2.45) is 23.7 Å². The van der Waals surface area contributed by atoms with Crippen molar-refractivity contribution in [3.8, 4) is 22.4 Å². The van der Waals surface area contributed by atoms with Gasteiger partial charge in [0.1, 0.15) is 17.7 Å². The van der Waals surface area contributed by atoms with E-state index in [2.05, 4.69) is 77.7 Å². The molecule has 3 fully saturated rings. The molecule has 11 nitrogen and oxygen atoms in total. The van der Waals surface area contributed by atoms with Gasteiger partial charge >= 0.3 is 6.09 Å². The molecule has 0 spiro atoms. The molecule has 2 aromatic heterocycles. The van der Waals surface area contributed by atoms with Crippen LogP contribution >= 0.6 is 0 Å². The molecule has 6 atom stereocenters. The Balaban J connectivity index is 1.02. The van der Waals surface area contributed by atoms with Crippen LogP contribution in [0.2, 0.25) is 0 Å². The first-order valence-corrected chi connectivity index (χ1v) is 19.6. The predicted octanol–water partition coefficient (Wildman–Crippen LogP) is 8.16. The molecule has 11 heteroatoms. The van der Waals surface area contributed by atoms with Crippen LogP contribution in [0.4, 0.5) is 4.79 Å². The summed E-state index contributed by atoms with van der Waals surface area (Å²) in [5.74, 6) is 2.31. The Morgan fingerprint density at radius 2 is 1.56 bits per heavy atom. The van der Waals surface area contributed by atoms with Crippen LogP contribution in [0, 0.1) is 23.7 Å². The van der Waals surface area contributed by atoms with E-state index in [4.69, 9.17) is 14.7 Å². The molecular formula is C43H51N7O4. The first kappa shape index (κ1) is 35.8. The molecule has 3 aromatic carbocycles. The van der Waals surface area contributed by atoms with Gasteiger partial charge in [-0.2, -0.15) is 0 Å². The fraction of sp³-hybridized carbons (Fsp3) is 0.465. The Labute approximate surface area is 316 Å². The molecule has 2 bridgehead atoms. The largest absolute Gasteiger partial charge is 0.453 e. The van der Waals surface area contributed by atoms with E-state index in [9.17, 15) is 14.4 Å². The number of fused-ring (bicyclic) bond motifs is 4. The van der Waals surface area contributed by atoms with E-state index < -0.39 is 12.1 Å². The standard InChI is InChI=1S/C43H51N7O4/c1-23(2)25(5)41(51)49-17-7-8-36(49)39-44-22-35(47-39)30-12-11-26-18-27(9-10-28(26)19-30)29-14-16-33-34(21-29)46-40(45-33)38-31-13-15-32(20-31)50(38)42(52)37(24(3)4)48-43(53)54-6/h9-12,14,16,18-19,21-25,31-32,36-38H,7-8,13,15,17,20H2,1-6H3,(H,44,47)(H,45,46)(H,48,53)/t25-,31-,32+,36-,37-,38-/m0/s1. The number of likely N-dealkylation sites (tertiary alicyclic amines) is 2. The summed E-state index contributed by atoms with van der Waals surface area (Å²) in [6, 6.07) is 18.6. The number of amides is 3. The average Bonchev–Trinajstić information content (AvgIpc) is 4.03. The third-order valence-corrected chi connectivity index (χ3v) is 12.3. The van der Waals surface area contributed by atoms with E-state index in [1.807, 2.05) is 42.8 Å². The Kier molecular flexibility index (Phi) is 9.44. The number of hydrogen-bond acceptors (Lipinski definition) is 6. The minimum atomic E-state index is -0.672. The maximum atomic E-state index is 14.0. The van der Waals surface area contributed by atoms with Gasteiger partial charge in [-0.3, -0.25) is 9.59 Å². The highest BCUT2D eigenvalue weighted by Gasteiger charge is 2.51. The number of aromatic nitrogens is 4. The molecule has 3 amide bonds. The zero-order chi connectivity index (χ0) is 37.8. The van der Waals surface area contributed by atoms with E-state index in [-0.39, 0.29) is 41.8 Å². The lowest BCUT2D eigenvalue weighted by atomic mass is 9.95. The SMILES string of the molecule is COC(=O)N[C@H](C(=O)N1[C@@H]2CC[C@@H](C2)[C@H]1c1nc2ccc(-c3ccc4cc(-c5cnc([C@@H]6CCCN6C(=O)[C@@H](C)C(C)C)[nH]5)ccc4c3)cc2[nH]1)C(C)C. The highest BCUT2D eigenvalue weighted by molar-refractivity contribution is 5.92. The lowest BCUT2D eigenvalue weighted by Crippen LogP contribution is -2.54. The van der Waals surface area contributed by atoms with Crippen molar-refractivity contribution in [2.75, 3.05) is 13.7 Å². The second kappa shape index (κ2) is 14.2. The number of hydrogen-bond donors (Lipinski definition) is 3. The second-order valence-corrected chi connectivity index (χ2v) is 16.3. The van der Waals surface area contributed by atoms with Gasteiger partial charge in [-0.25, -0.2) is 14.8 Å². The minimum absolute atomic E-state index is 0.0126. The van der Waals surface area contributed by atoms with E-state index in [0.717, 1.165) is 94.5 Å². The Morgan fingerprint density at radius 3 is 2.30 bits per heavy atom. The molecule has 4 heterocycles. The number of piperidine rings is 1. The maximum Gasteiger partial charge on any atom is 0.407 e. The number of methoxy groups -OCH3 is 1. The summed E-state index contributed by atoms with van der Waals surface area (Å²) in [7, 11) is 1.32. The molecular weight excluding hydrogens is 679 g/mol. The number of H-pyrrole nitrogens is 2. The average molecular weight is 730 g/mol. The van der Waals surface area contributed by atoms with Gasteiger partial charge in [0.25, 0.3) is 0 Å². The second-order valence-electron chi connectivity index (χ2n) is 16.3. The number of ether oxygens (including phenoxy) is 1. The molecule has 3 N–H and O–H groups in total. The minimum Gasteiger partial charge on any atom is -0.453 e. The number of imidazole rings is 2. The molecule has 1 saturated carbocycles. The highest BCUT2D eigenvalue weighted by atomic mass is 16.5. The number of nitrogens with one attached hydrogen (secondary N) is 3. The number of benzene rings is 3. The van der Waals surface area contributed by atoms with Gasteiger partial charge in [-0.15, -0.1) is 0 Å². The van der Waals surface area contributed by atoms with Crippen LogP contribution in [-0.2, 0) is 14.3 Å². The highest BCUT2D eigenvalue weighted by Crippen LogP contribution is 2.50. The topological polar surface area (TPSA) is 136 Å². The summed E-state index contributed by atoms with van der Waals surface area (Å²) in [6.07, 6.45) is 6.16. The van der Waals surface area contributed by atoms with Crippen molar-refractivity contribution in [1.82, 2.24) is 35.1 Å². The normalized spacial score (nSPS) is 22.1. The molecule has 5 aromatic rings. The Bertz CT molecular complexity index is 2220. The van der Waals surface area contributed by atoms with Crippen molar-refractivity contribution in [2.45, 2.75) is 90.9 Å². The van der Waals surface area contributed by atoms with Gasteiger partial charge in [0.15, 0.2) is 0 Å². The molecule has 3 aliphatic rings. The molecule has 1 aliphatic carbocycles. The van der Waals surface area contributed by atoms with Crippen LogP contribution in [0.15, 0.2) is 60.8 Å². The van der Waals surface area contributed by atoms with Crippen molar-refractivity contribution in [1.29, 1.82) is 0 Å². The van der Waals surface area contributed by atoms with Crippen molar-refractivity contribution in [3.05, 3.63) is 72.4 Å². The van der Waals surface area contributed by atoms with Crippen LogP contribution in [0.25, 0.3) is 44.2 Å². The summed E-state index contributed by atoms with van der Waals surface area (Å²) in [5.41, 5.74) is 5.97. The first-order valence-electron chi connectivity index (χ1n) is 19.6. The fourth-order valence-corrected chi connectivity index (χ4v) is 8.97. The van der Waals surface area contributed by atoms with Gasteiger partial charge < -0.3 is 29.8 Å². The quantitative estimate of drug-likeness (QED) is 0.140. The van der Waals surface area contributed by atoms with Gasteiger partial charge in [-0.1, -0.05) is 65.0 Å². The van der Waals surface area contributed by atoms with Crippen molar-refractivity contribution < 1.29 is 19.1 Å². The maximum absolute atomic E-state index is 14.0. The summed E-state index contributed by atoms with van der Waals surface area (Å²) >= 11 is 0. The van der Waals surface area contributed by atoms with Crippen LogP contribution < -0.4 is 5.32 Å². The summed E-state index contributed by atoms with van der Waals surface area (Å²) in [5, 5.41) is 5.03. The molecule has 2 saturated heterocycles. The van der Waals surface area contributed by atoms with E-state index >= 15 is 0 Å². The number of alkyl carbamates (subject to hydrolysis) is 1. The molecule has 2 aliphatic heterocycles. The number of carbonyl (C=O) groups excluding carboxylic acids is 3. The smallest absolute Gasteiger partial charge is 0.407 e. The van der Waals surface area contributed by atoms with Gasteiger partial charge in [0, 0.05) is 24.1 Å². The number of aromatic amines is 2. The lowest BCUT2D eigenvalue weighted by Gasteiger charge is -2.37.